The van der Waals surface area contributed by atoms with E-state index < -0.39 is 9.17 Å². The molecular weight excluding hydrogens is 150 g/mol. The first-order valence-corrected chi connectivity index (χ1v) is 1.84. The van der Waals surface area contributed by atoms with Crippen LogP contribution >= 0.6 is 0 Å². The molecule has 0 atom stereocenters. The minimum Gasteiger partial charge on any atom is -0.672 e. The Kier molecular flexibility index (Phi) is 51.7. The van der Waals surface area contributed by atoms with E-state index in [4.69, 9.17) is 14.1 Å². The van der Waals surface area contributed by atoms with E-state index in [-0.39, 0.29) is 70.0 Å². The molecule has 0 fully saturated rings. The van der Waals surface area contributed by atoms with E-state index in [9.17, 15) is 0 Å². The second-order valence-corrected chi connectivity index (χ2v) is 0.750. The van der Waals surface area contributed by atoms with Crippen LogP contribution in [0.2, 0.25) is 0 Å². The van der Waals surface area contributed by atoms with Crippen LogP contribution in [0.15, 0.2) is 0 Å². The van der Waals surface area contributed by atoms with Crippen LogP contribution in [0.3, 0.4) is 0 Å². The summed E-state index contributed by atoms with van der Waals surface area (Å²) in [4.78, 5) is 17.0. The zero-order chi connectivity index (χ0) is 3.58. The third-order valence-corrected chi connectivity index (χ3v) is 0. The molecule has 0 aromatic carbocycles. The van der Waals surface area contributed by atoms with E-state index >= 15 is 0 Å². The van der Waals surface area contributed by atoms with E-state index in [0.717, 1.165) is 0 Å². The average molecular weight is 150 g/mol. The molecule has 0 amide bonds. The Labute approximate surface area is 92.0 Å². The molecule has 0 saturated heterocycles. The summed E-state index contributed by atoms with van der Waals surface area (Å²) in [5.74, 6) is 0. The maximum absolute atomic E-state index is 8.52. The monoisotopic (exact) mass is 150 g/mol. The molecule has 0 unspecified atom stereocenters. The van der Waals surface area contributed by atoms with Crippen LogP contribution in [0, 0.1) is 0 Å². The Balaban J connectivity index is -0.0000000150. The van der Waals surface area contributed by atoms with Gasteiger partial charge in [-0.3, -0.25) is 0 Å². The summed E-state index contributed by atoms with van der Waals surface area (Å²) in [6.45, 7) is 0. The molecule has 0 N–H and O–H groups in total. The largest absolute Gasteiger partial charge is 3.00 e. The summed E-state index contributed by atoms with van der Waals surface area (Å²) in [6.07, 6.45) is 0. The van der Waals surface area contributed by atoms with Crippen LogP contribution in [-0.4, -0.2) is 49.6 Å². The van der Waals surface area contributed by atoms with Crippen molar-refractivity contribution < 1.29 is 43.6 Å². The fraction of sp³-hybridized carbons (Fsp3) is 0. The molecule has 0 aromatic rings. The van der Waals surface area contributed by atoms with Crippen LogP contribution in [0.1, 0.15) is 0 Å². The fourth-order valence-corrected chi connectivity index (χ4v) is 0. The van der Waals surface area contributed by atoms with Crippen molar-refractivity contribution in [2.24, 2.45) is 0 Å². The van der Waals surface area contributed by atoms with Crippen molar-refractivity contribution in [3.8, 4) is 0 Å². The fourth-order valence-electron chi connectivity index (χ4n) is 0. The first-order valence-electron chi connectivity index (χ1n) is 0.612. The summed E-state index contributed by atoms with van der Waals surface area (Å²) < 4.78 is 8.52. The van der Waals surface area contributed by atoms with E-state index in [1.807, 2.05) is 0 Å². The van der Waals surface area contributed by atoms with Crippen molar-refractivity contribution in [2.45, 2.75) is 0 Å². The second-order valence-electron chi connectivity index (χ2n) is 0.250. The van der Waals surface area contributed by atoms with Crippen molar-refractivity contribution in [1.82, 2.24) is 0 Å². The molecule has 0 aliphatic rings. The van der Waals surface area contributed by atoms with Crippen molar-refractivity contribution in [3.05, 3.63) is 0 Å². The summed E-state index contributed by atoms with van der Waals surface area (Å²) in [5, 5.41) is 0. The van der Waals surface area contributed by atoms with Gasteiger partial charge in [-0.2, -0.15) is 0 Å². The molecule has 0 aliphatic carbocycles. The minimum absolute atomic E-state index is 0. The van der Waals surface area contributed by atoms with Gasteiger partial charge < -0.3 is 14.1 Å². The predicted molar refractivity (Wildman–Crippen MR) is 17.9 cm³/mol. The Morgan fingerprint density at radius 3 is 1.29 bits per heavy atom. The van der Waals surface area contributed by atoms with Gasteiger partial charge in [0.15, 0.2) is 0 Å². The summed E-state index contributed by atoms with van der Waals surface area (Å²) in [6, 6.07) is 0. The van der Waals surface area contributed by atoms with Crippen molar-refractivity contribution >= 4 is 49.6 Å². The summed E-state index contributed by atoms with van der Waals surface area (Å²) >= 11 is 0. The Morgan fingerprint density at radius 1 is 1.29 bits per heavy atom. The van der Waals surface area contributed by atoms with Crippen LogP contribution in [0.25, 0.3) is 0 Å². The molecule has 7 heteroatoms. The van der Waals surface area contributed by atoms with E-state index in [1.54, 1.807) is 0 Å². The average Bonchev–Trinajstić information content (AvgIpc) is 0.811. The van der Waals surface area contributed by atoms with E-state index in [1.165, 1.54) is 0 Å². The SMILES string of the molecule is O=[Si]([O-])[O-].[Al+3].[Mg+2].[Na+]. The number of hydrogen-bond donors (Lipinski definition) is 0. The molecule has 0 spiro atoms. The first kappa shape index (κ1) is 23.1. The molecule has 0 rings (SSSR count). The van der Waals surface area contributed by atoms with Crippen molar-refractivity contribution in [3.63, 3.8) is 0 Å². The van der Waals surface area contributed by atoms with Gasteiger partial charge >= 0.3 is 70.0 Å². The third kappa shape index (κ3) is 75.5. The topological polar surface area (TPSA) is 63.2 Å². The van der Waals surface area contributed by atoms with Crippen molar-refractivity contribution in [1.29, 1.82) is 0 Å². The zero-order valence-electron chi connectivity index (χ0n) is 4.01. The van der Waals surface area contributed by atoms with E-state index in [2.05, 4.69) is 0 Å². The molecule has 0 saturated carbocycles. The van der Waals surface area contributed by atoms with Gasteiger partial charge in [0.2, 0.25) is 0 Å². The number of rotatable bonds is 0. The summed E-state index contributed by atoms with van der Waals surface area (Å²) in [5.41, 5.74) is 0. The smallest absolute Gasteiger partial charge is 0.672 e. The molecular formula is AlMgNaO3Si+4. The number of hydrogen-bond acceptors (Lipinski definition) is 3. The Hall–Kier alpha value is 1.92. The third-order valence-electron chi connectivity index (χ3n) is 0. The van der Waals surface area contributed by atoms with Crippen LogP contribution < -0.4 is 39.1 Å². The normalized spacial score (nSPS) is 3.43. The standard InChI is InChI=1S/Al.Mg.Na.O3Si/c;;;1-4(2)3/q+3;+2;+1;-2. The quantitative estimate of drug-likeness (QED) is 0.323. The summed E-state index contributed by atoms with van der Waals surface area (Å²) in [7, 11) is -3.63. The molecule has 0 aromatic heterocycles. The maximum Gasteiger partial charge on any atom is 3.00 e. The van der Waals surface area contributed by atoms with Gasteiger partial charge in [-0.05, 0) is 0 Å². The molecule has 7 heavy (non-hydrogen) atoms. The van der Waals surface area contributed by atoms with Gasteiger partial charge in [0.1, 0.15) is 0 Å². The minimum atomic E-state index is -3.63. The Morgan fingerprint density at radius 2 is 1.29 bits per heavy atom. The van der Waals surface area contributed by atoms with Gasteiger partial charge in [-0.15, -0.1) is 0 Å². The molecule has 0 heterocycles. The van der Waals surface area contributed by atoms with Crippen LogP contribution in [-0.2, 0) is 4.46 Å². The molecule has 0 aliphatic heterocycles. The zero-order valence-corrected chi connectivity index (χ0v) is 9.58. The second kappa shape index (κ2) is 15.7. The van der Waals surface area contributed by atoms with Crippen LogP contribution in [0.4, 0.5) is 0 Å². The van der Waals surface area contributed by atoms with Gasteiger partial charge in [0, 0.05) is 9.17 Å². The molecule has 0 radical (unpaired) electrons. The predicted octanol–water partition coefficient (Wildman–Crippen LogP) is -6.64. The van der Waals surface area contributed by atoms with Gasteiger partial charge in [0.25, 0.3) is 0 Å². The van der Waals surface area contributed by atoms with Crippen molar-refractivity contribution in [2.75, 3.05) is 0 Å². The maximum atomic E-state index is 8.52. The van der Waals surface area contributed by atoms with Crippen LogP contribution in [0.5, 0.6) is 0 Å². The van der Waals surface area contributed by atoms with Gasteiger partial charge in [-0.25, -0.2) is 0 Å². The molecule has 3 nitrogen and oxygen atoms in total. The van der Waals surface area contributed by atoms with Gasteiger partial charge in [0.05, 0.1) is 0 Å². The first-order chi connectivity index (χ1) is 1.73. The Bertz CT molecular complexity index is 37.9. The molecule has 0 bridgehead atoms. The molecule has 24 valence electrons. The van der Waals surface area contributed by atoms with E-state index in [0.29, 0.717) is 0 Å². The van der Waals surface area contributed by atoms with Gasteiger partial charge in [-0.1, -0.05) is 0 Å².